The molecule has 0 atom stereocenters. The van der Waals surface area contributed by atoms with Gasteiger partial charge in [-0.3, -0.25) is 4.57 Å². The molecule has 2 aromatic carbocycles. The highest BCUT2D eigenvalue weighted by Gasteiger charge is 2.30. The summed E-state index contributed by atoms with van der Waals surface area (Å²) in [6.45, 7) is -0.0216. The Morgan fingerprint density at radius 1 is 1.14 bits per heavy atom. The molecule has 0 fully saturated rings. The van der Waals surface area contributed by atoms with Gasteiger partial charge < -0.3 is 10.1 Å². The van der Waals surface area contributed by atoms with E-state index in [1.807, 2.05) is 0 Å². The monoisotopic (exact) mass is 308 g/mol. The maximum absolute atomic E-state index is 12.7. The number of fused-ring (bicyclic) bond motifs is 1. The van der Waals surface area contributed by atoms with Gasteiger partial charge in [0.2, 0.25) is 0 Å². The van der Waals surface area contributed by atoms with Crippen molar-refractivity contribution in [3.05, 3.63) is 64.1 Å². The second-order valence-corrected chi connectivity index (χ2v) is 4.89. The predicted octanol–water partition coefficient (Wildman–Crippen LogP) is 3.10. The van der Waals surface area contributed by atoms with Gasteiger partial charge in [0.05, 0.1) is 17.6 Å². The number of aromatic amines is 1. The number of H-pyrrole nitrogens is 1. The number of imidazole rings is 1. The maximum Gasteiger partial charge on any atom is 0.416 e. The number of phenolic OH excluding ortho intramolecular Hbond substituents is 1. The van der Waals surface area contributed by atoms with Crippen molar-refractivity contribution >= 4 is 11.0 Å². The van der Waals surface area contributed by atoms with E-state index in [9.17, 15) is 23.1 Å². The molecular weight excluding hydrogens is 297 g/mol. The third-order valence-corrected chi connectivity index (χ3v) is 3.38. The van der Waals surface area contributed by atoms with Crippen LogP contribution in [0.2, 0.25) is 0 Å². The smallest absolute Gasteiger partial charge is 0.416 e. The second-order valence-electron chi connectivity index (χ2n) is 4.89. The molecule has 3 aromatic rings. The number of hydrogen-bond acceptors (Lipinski definition) is 2. The van der Waals surface area contributed by atoms with E-state index >= 15 is 0 Å². The number of nitrogens with zero attached hydrogens (tertiary/aromatic N) is 1. The van der Waals surface area contributed by atoms with Crippen LogP contribution in [0.25, 0.3) is 11.0 Å². The Balaban J connectivity index is 2.06. The Morgan fingerprint density at radius 3 is 2.59 bits per heavy atom. The number of nitrogens with one attached hydrogen (secondary N) is 1. The third kappa shape index (κ3) is 2.45. The van der Waals surface area contributed by atoms with Gasteiger partial charge in [0.15, 0.2) is 0 Å². The summed E-state index contributed by atoms with van der Waals surface area (Å²) in [6, 6.07) is 9.40. The van der Waals surface area contributed by atoms with E-state index in [4.69, 9.17) is 0 Å². The van der Waals surface area contributed by atoms with Crippen molar-refractivity contribution in [2.75, 3.05) is 0 Å². The lowest BCUT2D eigenvalue weighted by molar-refractivity contribution is -0.137. The summed E-state index contributed by atoms with van der Waals surface area (Å²) >= 11 is 0. The summed E-state index contributed by atoms with van der Waals surface area (Å²) < 4.78 is 39.5. The van der Waals surface area contributed by atoms with Gasteiger partial charge in [-0.2, -0.15) is 13.2 Å². The van der Waals surface area contributed by atoms with Crippen molar-refractivity contribution in [3.8, 4) is 5.75 Å². The van der Waals surface area contributed by atoms with E-state index in [0.29, 0.717) is 11.1 Å². The van der Waals surface area contributed by atoms with Crippen LogP contribution in [0.3, 0.4) is 0 Å². The number of alkyl halides is 3. The van der Waals surface area contributed by atoms with Gasteiger partial charge in [-0.05, 0) is 29.8 Å². The largest absolute Gasteiger partial charge is 0.506 e. The molecule has 2 N–H and O–H groups in total. The molecule has 0 aliphatic rings. The number of aromatic hydroxyl groups is 1. The molecule has 3 rings (SSSR count). The quantitative estimate of drug-likeness (QED) is 0.764. The van der Waals surface area contributed by atoms with Crippen molar-refractivity contribution in [2.24, 2.45) is 0 Å². The van der Waals surface area contributed by atoms with Gasteiger partial charge >= 0.3 is 11.9 Å². The fourth-order valence-electron chi connectivity index (χ4n) is 2.35. The van der Waals surface area contributed by atoms with Gasteiger partial charge in [-0.25, -0.2) is 4.79 Å². The van der Waals surface area contributed by atoms with Crippen LogP contribution >= 0.6 is 0 Å². The SMILES string of the molecule is O=c1[nH]c2c(O)cccc2n1Cc1cccc(C(F)(F)F)c1. The Bertz CT molecular complexity index is 894. The molecule has 4 nitrogen and oxygen atoms in total. The third-order valence-electron chi connectivity index (χ3n) is 3.38. The standard InChI is InChI=1S/C15H11F3N2O2/c16-15(17,18)10-4-1-3-9(7-10)8-20-11-5-2-6-12(21)13(11)19-14(20)22/h1-7,21H,8H2,(H,19,22). The summed E-state index contributed by atoms with van der Waals surface area (Å²) in [5.41, 5.74) is -0.210. The Morgan fingerprint density at radius 2 is 1.86 bits per heavy atom. The van der Waals surface area contributed by atoms with Crippen LogP contribution in [0.1, 0.15) is 11.1 Å². The number of rotatable bonds is 2. The van der Waals surface area contributed by atoms with Crippen molar-refractivity contribution in [3.63, 3.8) is 0 Å². The number of phenols is 1. The van der Waals surface area contributed by atoms with Crippen molar-refractivity contribution in [1.29, 1.82) is 0 Å². The number of halogens is 3. The summed E-state index contributed by atoms with van der Waals surface area (Å²) in [7, 11) is 0. The molecule has 0 radical (unpaired) electrons. The normalized spacial score (nSPS) is 12.0. The summed E-state index contributed by atoms with van der Waals surface area (Å²) in [4.78, 5) is 14.4. The lowest BCUT2D eigenvalue weighted by Crippen LogP contribution is -2.17. The van der Waals surface area contributed by atoms with Gasteiger partial charge in [-0.1, -0.05) is 18.2 Å². The molecule has 0 saturated carbocycles. The van der Waals surface area contributed by atoms with E-state index in [1.54, 1.807) is 12.1 Å². The minimum atomic E-state index is -4.43. The van der Waals surface area contributed by atoms with Crippen molar-refractivity contribution < 1.29 is 18.3 Å². The molecule has 0 amide bonds. The summed E-state index contributed by atoms with van der Waals surface area (Å²) in [5, 5.41) is 9.69. The van der Waals surface area contributed by atoms with Crippen LogP contribution in [0.5, 0.6) is 5.75 Å². The average Bonchev–Trinajstić information content (AvgIpc) is 2.77. The first kappa shape index (κ1) is 14.2. The van der Waals surface area contributed by atoms with E-state index < -0.39 is 17.4 Å². The van der Waals surface area contributed by atoms with Crippen molar-refractivity contribution in [2.45, 2.75) is 12.7 Å². The number of para-hydroxylation sites is 1. The first-order valence-corrected chi connectivity index (χ1v) is 6.43. The zero-order valence-electron chi connectivity index (χ0n) is 11.2. The number of hydrogen-bond donors (Lipinski definition) is 2. The molecule has 114 valence electrons. The molecule has 0 bridgehead atoms. The molecule has 0 aliphatic heterocycles. The van der Waals surface area contributed by atoms with Gasteiger partial charge in [0.25, 0.3) is 0 Å². The fourth-order valence-corrected chi connectivity index (χ4v) is 2.35. The molecule has 0 spiro atoms. The van der Waals surface area contributed by atoms with Gasteiger partial charge in [0.1, 0.15) is 11.3 Å². The lowest BCUT2D eigenvalue weighted by atomic mass is 10.1. The number of benzene rings is 2. The fraction of sp³-hybridized carbons (Fsp3) is 0.133. The average molecular weight is 308 g/mol. The van der Waals surface area contributed by atoms with Crippen LogP contribution in [0.15, 0.2) is 47.3 Å². The summed E-state index contributed by atoms with van der Waals surface area (Å²) in [6.07, 6.45) is -4.43. The molecule has 0 saturated heterocycles. The highest BCUT2D eigenvalue weighted by Crippen LogP contribution is 2.30. The molecule has 7 heteroatoms. The second kappa shape index (κ2) is 4.94. The highest BCUT2D eigenvalue weighted by molar-refractivity contribution is 5.81. The predicted molar refractivity (Wildman–Crippen MR) is 74.8 cm³/mol. The Hall–Kier alpha value is -2.70. The zero-order valence-corrected chi connectivity index (χ0v) is 11.2. The van der Waals surface area contributed by atoms with Gasteiger partial charge in [-0.15, -0.1) is 0 Å². The first-order chi connectivity index (χ1) is 10.4. The maximum atomic E-state index is 12.7. The van der Waals surface area contributed by atoms with E-state index in [2.05, 4.69) is 4.98 Å². The van der Waals surface area contributed by atoms with Crippen LogP contribution < -0.4 is 5.69 Å². The van der Waals surface area contributed by atoms with Gasteiger partial charge in [0, 0.05) is 0 Å². The van der Waals surface area contributed by atoms with Crippen LogP contribution in [-0.2, 0) is 12.7 Å². The van der Waals surface area contributed by atoms with Crippen LogP contribution in [0, 0.1) is 0 Å². The molecule has 1 aromatic heterocycles. The highest BCUT2D eigenvalue weighted by atomic mass is 19.4. The minimum absolute atomic E-state index is 0.0216. The Kier molecular flexibility index (Phi) is 3.20. The molecule has 0 aliphatic carbocycles. The van der Waals surface area contributed by atoms with E-state index in [0.717, 1.165) is 12.1 Å². The zero-order chi connectivity index (χ0) is 15.9. The Labute approximate surface area is 122 Å². The lowest BCUT2D eigenvalue weighted by Gasteiger charge is -2.09. The minimum Gasteiger partial charge on any atom is -0.506 e. The molecule has 22 heavy (non-hydrogen) atoms. The van der Waals surface area contributed by atoms with E-state index in [1.165, 1.54) is 22.8 Å². The topological polar surface area (TPSA) is 58.0 Å². The van der Waals surface area contributed by atoms with Crippen molar-refractivity contribution in [1.82, 2.24) is 9.55 Å². The summed E-state index contributed by atoms with van der Waals surface area (Å²) in [5.74, 6) is -0.0857. The van der Waals surface area contributed by atoms with E-state index in [-0.39, 0.29) is 17.8 Å². The molecule has 0 unspecified atom stereocenters. The van der Waals surface area contributed by atoms with Crippen LogP contribution in [-0.4, -0.2) is 14.7 Å². The molecular formula is C15H11F3N2O2. The van der Waals surface area contributed by atoms with Crippen LogP contribution in [0.4, 0.5) is 13.2 Å². The first-order valence-electron chi connectivity index (χ1n) is 6.43. The molecule has 1 heterocycles. The number of aromatic nitrogens is 2.